The molecule has 2 aromatic rings. The van der Waals surface area contributed by atoms with Gasteiger partial charge in [-0.2, -0.15) is 0 Å². The third-order valence-corrected chi connectivity index (χ3v) is 6.67. The maximum absolute atomic E-state index is 13.2. The Morgan fingerprint density at radius 2 is 1.65 bits per heavy atom. The minimum Gasteiger partial charge on any atom is -0.369 e. The summed E-state index contributed by atoms with van der Waals surface area (Å²) in [6.07, 6.45) is 0. The number of hydrogen-bond donors (Lipinski definition) is 1. The average molecular weight is 449 g/mol. The number of likely N-dealkylation sites (N-methyl/N-ethyl adjacent to an activating group) is 1. The fraction of sp³-hybridized carbons (Fsp3) is 0.409. The first kappa shape index (κ1) is 23.2. The highest BCUT2D eigenvalue weighted by molar-refractivity contribution is 7.89. The largest absolute Gasteiger partial charge is 0.369 e. The molecule has 2 aromatic carbocycles. The Kier molecular flexibility index (Phi) is 7.30. The van der Waals surface area contributed by atoms with Crippen molar-refractivity contribution in [2.45, 2.75) is 24.8 Å². The van der Waals surface area contributed by atoms with Gasteiger partial charge in [0.05, 0.1) is 17.5 Å². The number of carbonyl (C=O) groups excluding carboxylic acids is 1. The molecule has 3 rings (SSSR count). The van der Waals surface area contributed by atoms with Crippen molar-refractivity contribution in [2.75, 3.05) is 44.2 Å². The lowest BCUT2D eigenvalue weighted by Gasteiger charge is -2.37. The number of rotatable bonds is 7. The standard InChI is InChI=1S/C22H29FN4O3S/c1-3-27(17(2)18-4-6-19(23)7-5-18)22(28)16-25-12-14-26(15-13-25)20-8-10-21(11-9-20)31(24,29)30/h4-11,17H,3,12-16H2,1-2H3,(H2,24,29,30). The summed E-state index contributed by atoms with van der Waals surface area (Å²) in [4.78, 5) is 19.1. The molecule has 0 aromatic heterocycles. The van der Waals surface area contributed by atoms with Crippen LogP contribution in [-0.2, 0) is 14.8 Å². The summed E-state index contributed by atoms with van der Waals surface area (Å²) in [6, 6.07) is 12.7. The average Bonchev–Trinajstić information content (AvgIpc) is 2.75. The quantitative estimate of drug-likeness (QED) is 0.702. The number of nitrogens with zero attached hydrogens (tertiary/aromatic N) is 3. The van der Waals surface area contributed by atoms with Gasteiger partial charge in [-0.3, -0.25) is 9.69 Å². The van der Waals surface area contributed by atoms with E-state index in [1.165, 1.54) is 24.3 Å². The van der Waals surface area contributed by atoms with Crippen molar-refractivity contribution in [1.29, 1.82) is 0 Å². The van der Waals surface area contributed by atoms with E-state index in [4.69, 9.17) is 5.14 Å². The van der Waals surface area contributed by atoms with Gasteiger partial charge in [-0.15, -0.1) is 0 Å². The van der Waals surface area contributed by atoms with Crippen LogP contribution in [0.1, 0.15) is 25.5 Å². The molecular formula is C22H29FN4O3S. The van der Waals surface area contributed by atoms with Crippen molar-refractivity contribution in [3.8, 4) is 0 Å². The molecule has 0 bridgehead atoms. The van der Waals surface area contributed by atoms with Crippen LogP contribution < -0.4 is 10.0 Å². The van der Waals surface area contributed by atoms with Crippen molar-refractivity contribution in [3.05, 3.63) is 59.9 Å². The zero-order chi connectivity index (χ0) is 22.6. The van der Waals surface area contributed by atoms with E-state index in [2.05, 4.69) is 9.80 Å². The van der Waals surface area contributed by atoms with Gasteiger partial charge in [0.2, 0.25) is 15.9 Å². The first-order valence-electron chi connectivity index (χ1n) is 10.3. The monoisotopic (exact) mass is 448 g/mol. The van der Waals surface area contributed by atoms with Gasteiger partial charge in [-0.25, -0.2) is 17.9 Å². The zero-order valence-electron chi connectivity index (χ0n) is 17.9. The zero-order valence-corrected chi connectivity index (χ0v) is 18.7. The van der Waals surface area contributed by atoms with E-state index in [-0.39, 0.29) is 22.7 Å². The second-order valence-corrected chi connectivity index (χ2v) is 9.27. The Bertz CT molecular complexity index is 988. The lowest BCUT2D eigenvalue weighted by atomic mass is 10.1. The fourth-order valence-corrected chi connectivity index (χ4v) is 4.40. The first-order valence-corrected chi connectivity index (χ1v) is 11.9. The summed E-state index contributed by atoms with van der Waals surface area (Å²) in [7, 11) is -3.70. The topological polar surface area (TPSA) is 86.9 Å². The highest BCUT2D eigenvalue weighted by Gasteiger charge is 2.24. The summed E-state index contributed by atoms with van der Waals surface area (Å²) in [5, 5.41) is 5.15. The summed E-state index contributed by atoms with van der Waals surface area (Å²) in [5.41, 5.74) is 1.84. The van der Waals surface area contributed by atoms with E-state index < -0.39 is 10.0 Å². The summed E-state index contributed by atoms with van der Waals surface area (Å²) >= 11 is 0. The third kappa shape index (κ3) is 5.81. The summed E-state index contributed by atoms with van der Waals surface area (Å²) in [6.45, 7) is 7.74. The molecule has 1 saturated heterocycles. The molecule has 0 radical (unpaired) electrons. The highest BCUT2D eigenvalue weighted by atomic mass is 32.2. The molecule has 2 N–H and O–H groups in total. The first-order chi connectivity index (χ1) is 14.7. The number of carbonyl (C=O) groups is 1. The lowest BCUT2D eigenvalue weighted by Crippen LogP contribution is -2.50. The number of anilines is 1. The molecule has 7 nitrogen and oxygen atoms in total. The van der Waals surface area contributed by atoms with Gasteiger partial charge in [0.15, 0.2) is 0 Å². The van der Waals surface area contributed by atoms with Gasteiger partial charge in [0.1, 0.15) is 5.82 Å². The Hall–Kier alpha value is -2.49. The fourth-order valence-electron chi connectivity index (χ4n) is 3.88. The molecule has 0 spiro atoms. The maximum atomic E-state index is 13.2. The number of halogens is 1. The molecule has 1 fully saturated rings. The van der Waals surface area contributed by atoms with Crippen LogP contribution in [0.15, 0.2) is 53.4 Å². The van der Waals surface area contributed by atoms with Crippen LogP contribution in [0.2, 0.25) is 0 Å². The van der Waals surface area contributed by atoms with Crippen LogP contribution >= 0.6 is 0 Å². The maximum Gasteiger partial charge on any atom is 0.238 e. The predicted molar refractivity (Wildman–Crippen MR) is 119 cm³/mol. The molecule has 0 aliphatic carbocycles. The van der Waals surface area contributed by atoms with Crippen LogP contribution in [0, 0.1) is 5.82 Å². The Morgan fingerprint density at radius 3 is 2.16 bits per heavy atom. The van der Waals surface area contributed by atoms with E-state index in [9.17, 15) is 17.6 Å². The second-order valence-electron chi connectivity index (χ2n) is 7.71. The van der Waals surface area contributed by atoms with E-state index in [1.807, 2.05) is 18.7 Å². The molecule has 0 saturated carbocycles. The molecule has 168 valence electrons. The molecule has 1 atom stereocenters. The van der Waals surface area contributed by atoms with Gasteiger partial charge in [0.25, 0.3) is 0 Å². The van der Waals surface area contributed by atoms with Gasteiger partial charge < -0.3 is 9.80 Å². The van der Waals surface area contributed by atoms with Gasteiger partial charge >= 0.3 is 0 Å². The molecule has 1 unspecified atom stereocenters. The van der Waals surface area contributed by atoms with Crippen molar-refractivity contribution >= 4 is 21.6 Å². The van der Waals surface area contributed by atoms with Gasteiger partial charge in [0, 0.05) is 38.4 Å². The minimum absolute atomic E-state index is 0.0466. The molecule has 1 heterocycles. The van der Waals surface area contributed by atoms with E-state index in [1.54, 1.807) is 24.3 Å². The van der Waals surface area contributed by atoms with Gasteiger partial charge in [-0.1, -0.05) is 12.1 Å². The normalized spacial score (nSPS) is 16.2. The molecule has 1 aliphatic rings. The Labute approximate surface area is 183 Å². The second kappa shape index (κ2) is 9.76. The van der Waals surface area contributed by atoms with Crippen LogP contribution in [0.5, 0.6) is 0 Å². The van der Waals surface area contributed by atoms with Crippen LogP contribution in [-0.4, -0.2) is 63.4 Å². The number of nitrogens with two attached hydrogens (primary N) is 1. The van der Waals surface area contributed by atoms with Crippen LogP contribution in [0.25, 0.3) is 0 Å². The van der Waals surface area contributed by atoms with Gasteiger partial charge in [-0.05, 0) is 55.8 Å². The number of primary sulfonamides is 1. The SMILES string of the molecule is CCN(C(=O)CN1CCN(c2ccc(S(N)(=O)=O)cc2)CC1)C(C)c1ccc(F)cc1. The Morgan fingerprint density at radius 1 is 1.06 bits per heavy atom. The van der Waals surface area contributed by atoms with E-state index in [0.29, 0.717) is 13.1 Å². The summed E-state index contributed by atoms with van der Waals surface area (Å²) < 4.78 is 36.0. The number of benzene rings is 2. The Balaban J connectivity index is 1.55. The van der Waals surface area contributed by atoms with Crippen LogP contribution in [0.3, 0.4) is 0 Å². The van der Waals surface area contributed by atoms with E-state index >= 15 is 0 Å². The number of piperazine rings is 1. The molecule has 9 heteroatoms. The molecule has 1 amide bonds. The smallest absolute Gasteiger partial charge is 0.238 e. The van der Waals surface area contributed by atoms with Crippen molar-refractivity contribution in [3.63, 3.8) is 0 Å². The number of amides is 1. The number of sulfonamides is 1. The van der Waals surface area contributed by atoms with E-state index in [0.717, 1.165) is 37.4 Å². The highest BCUT2D eigenvalue weighted by Crippen LogP contribution is 2.22. The van der Waals surface area contributed by atoms with Crippen molar-refractivity contribution < 1.29 is 17.6 Å². The predicted octanol–water partition coefficient (Wildman–Crippen LogP) is 2.20. The molecule has 1 aliphatic heterocycles. The van der Waals surface area contributed by atoms with Crippen LogP contribution in [0.4, 0.5) is 10.1 Å². The molecule has 31 heavy (non-hydrogen) atoms. The molecular weight excluding hydrogens is 419 g/mol. The summed E-state index contributed by atoms with van der Waals surface area (Å²) in [5.74, 6) is -0.243. The third-order valence-electron chi connectivity index (χ3n) is 5.74. The van der Waals surface area contributed by atoms with Crippen molar-refractivity contribution in [1.82, 2.24) is 9.80 Å². The lowest BCUT2D eigenvalue weighted by molar-refractivity contribution is -0.134. The number of hydrogen-bond acceptors (Lipinski definition) is 5. The minimum atomic E-state index is -3.70. The van der Waals surface area contributed by atoms with Crippen molar-refractivity contribution in [2.24, 2.45) is 5.14 Å².